The minimum absolute atomic E-state index is 0.220. The molecule has 2 aromatic rings. The number of amides is 1. The summed E-state index contributed by atoms with van der Waals surface area (Å²) in [4.78, 5) is 19.0. The summed E-state index contributed by atoms with van der Waals surface area (Å²) in [5, 5.41) is 3.50. The second kappa shape index (κ2) is 7.22. The minimum atomic E-state index is -0.220. The monoisotopic (exact) mass is 343 g/mol. The smallest absolute Gasteiger partial charge is 0.274 e. The highest BCUT2D eigenvalue weighted by molar-refractivity contribution is 6.31. The van der Waals surface area contributed by atoms with Crippen LogP contribution in [0, 0.1) is 12.8 Å². The van der Waals surface area contributed by atoms with E-state index in [0.29, 0.717) is 16.4 Å². The molecule has 0 unspecified atom stereocenters. The molecule has 1 aliphatic rings. The molecule has 0 bridgehead atoms. The molecule has 0 aliphatic carbocycles. The Morgan fingerprint density at radius 3 is 2.71 bits per heavy atom. The summed E-state index contributed by atoms with van der Waals surface area (Å²) >= 11 is 6.11. The molecular weight excluding hydrogens is 322 g/mol. The van der Waals surface area contributed by atoms with Gasteiger partial charge in [0.15, 0.2) is 0 Å². The van der Waals surface area contributed by atoms with E-state index < -0.39 is 0 Å². The van der Waals surface area contributed by atoms with Gasteiger partial charge in [-0.1, -0.05) is 24.6 Å². The predicted molar refractivity (Wildman–Crippen MR) is 99.0 cm³/mol. The van der Waals surface area contributed by atoms with Crippen molar-refractivity contribution in [2.24, 2.45) is 5.92 Å². The van der Waals surface area contributed by atoms with Crippen LogP contribution in [0.3, 0.4) is 0 Å². The fourth-order valence-electron chi connectivity index (χ4n) is 2.87. The first-order chi connectivity index (χ1) is 11.5. The van der Waals surface area contributed by atoms with Gasteiger partial charge in [-0.05, 0) is 55.5 Å². The maximum Gasteiger partial charge on any atom is 0.274 e. The maximum absolute atomic E-state index is 12.5. The molecule has 5 heteroatoms. The average Bonchev–Trinajstić information content (AvgIpc) is 2.59. The van der Waals surface area contributed by atoms with E-state index in [0.717, 1.165) is 30.3 Å². The van der Waals surface area contributed by atoms with Gasteiger partial charge in [-0.3, -0.25) is 9.78 Å². The molecule has 1 N–H and O–H groups in total. The summed E-state index contributed by atoms with van der Waals surface area (Å²) in [7, 11) is 0. The van der Waals surface area contributed by atoms with Crippen molar-refractivity contribution in [1.29, 1.82) is 0 Å². The van der Waals surface area contributed by atoms with E-state index in [1.54, 1.807) is 12.3 Å². The number of benzene rings is 1. The van der Waals surface area contributed by atoms with E-state index in [1.165, 1.54) is 12.8 Å². The Hall–Kier alpha value is -2.07. The van der Waals surface area contributed by atoms with Crippen LogP contribution in [0.5, 0.6) is 0 Å². The highest BCUT2D eigenvalue weighted by atomic mass is 35.5. The Balaban J connectivity index is 1.73. The molecule has 3 rings (SSSR count). The van der Waals surface area contributed by atoms with Crippen molar-refractivity contribution in [3.05, 3.63) is 52.8 Å². The van der Waals surface area contributed by atoms with Gasteiger partial charge in [0.25, 0.3) is 5.91 Å². The highest BCUT2D eigenvalue weighted by Gasteiger charge is 2.17. The lowest BCUT2D eigenvalue weighted by Gasteiger charge is -2.32. The first kappa shape index (κ1) is 16.8. The lowest BCUT2D eigenvalue weighted by atomic mass is 9.99. The maximum atomic E-state index is 12.5. The molecule has 1 saturated heterocycles. The molecule has 0 radical (unpaired) electrons. The Kier molecular flexibility index (Phi) is 5.05. The largest absolute Gasteiger partial charge is 0.371 e. The zero-order valence-corrected chi connectivity index (χ0v) is 14.8. The topological polar surface area (TPSA) is 45.2 Å². The van der Waals surface area contributed by atoms with E-state index in [4.69, 9.17) is 11.6 Å². The number of carbonyl (C=O) groups excluding carboxylic acids is 1. The molecule has 0 saturated carbocycles. The van der Waals surface area contributed by atoms with Gasteiger partial charge in [-0.2, -0.15) is 0 Å². The molecule has 2 heterocycles. The number of carbonyl (C=O) groups is 1. The van der Waals surface area contributed by atoms with Gasteiger partial charge in [-0.15, -0.1) is 0 Å². The second-order valence-electron chi connectivity index (χ2n) is 6.49. The van der Waals surface area contributed by atoms with Crippen molar-refractivity contribution in [2.75, 3.05) is 23.3 Å². The van der Waals surface area contributed by atoms with Gasteiger partial charge < -0.3 is 10.2 Å². The number of aryl methyl sites for hydroxylation is 1. The molecule has 24 heavy (non-hydrogen) atoms. The summed E-state index contributed by atoms with van der Waals surface area (Å²) in [6, 6.07) is 9.31. The molecule has 4 nitrogen and oxygen atoms in total. The number of hydrogen-bond acceptors (Lipinski definition) is 3. The van der Waals surface area contributed by atoms with Crippen LogP contribution in [0.25, 0.3) is 0 Å². The lowest BCUT2D eigenvalue weighted by molar-refractivity contribution is 0.102. The normalized spacial score (nSPS) is 15.4. The number of rotatable bonds is 3. The van der Waals surface area contributed by atoms with Crippen LogP contribution < -0.4 is 10.2 Å². The molecule has 0 atom stereocenters. The standard InChI is InChI=1S/C19H22ClN3O/c1-13-6-9-23(10-7-13)16-5-8-21-18(12-16)19(24)22-15-4-3-14(2)17(20)11-15/h3-5,8,11-13H,6-7,9-10H2,1-2H3,(H,22,24). The third kappa shape index (κ3) is 3.88. The molecule has 1 amide bonds. The number of pyridine rings is 1. The summed E-state index contributed by atoms with van der Waals surface area (Å²) in [6.07, 6.45) is 4.07. The summed E-state index contributed by atoms with van der Waals surface area (Å²) < 4.78 is 0. The third-order valence-corrected chi connectivity index (χ3v) is 4.96. The number of nitrogens with one attached hydrogen (secondary N) is 1. The van der Waals surface area contributed by atoms with Crippen molar-refractivity contribution in [1.82, 2.24) is 4.98 Å². The molecule has 1 aliphatic heterocycles. The molecular formula is C19H22ClN3O. The zero-order valence-electron chi connectivity index (χ0n) is 14.1. The Bertz CT molecular complexity index is 739. The number of halogens is 1. The summed E-state index contributed by atoms with van der Waals surface area (Å²) in [5.41, 5.74) is 3.13. The van der Waals surface area contributed by atoms with E-state index >= 15 is 0 Å². The predicted octanol–water partition coefficient (Wildman–Crippen LogP) is 4.53. The van der Waals surface area contributed by atoms with Gasteiger partial charge in [-0.25, -0.2) is 0 Å². The van der Waals surface area contributed by atoms with Crippen LogP contribution in [-0.4, -0.2) is 24.0 Å². The summed E-state index contributed by atoms with van der Waals surface area (Å²) in [6.45, 7) is 6.27. The van der Waals surface area contributed by atoms with Gasteiger partial charge >= 0.3 is 0 Å². The quantitative estimate of drug-likeness (QED) is 0.890. The number of aromatic nitrogens is 1. The molecule has 1 aromatic carbocycles. The number of nitrogens with zero attached hydrogens (tertiary/aromatic N) is 2. The Labute approximate surface area is 147 Å². The zero-order chi connectivity index (χ0) is 17.1. The number of anilines is 2. The first-order valence-electron chi connectivity index (χ1n) is 8.31. The molecule has 0 spiro atoms. The number of piperidine rings is 1. The van der Waals surface area contributed by atoms with Crippen LogP contribution in [0.4, 0.5) is 11.4 Å². The van der Waals surface area contributed by atoms with Crippen LogP contribution in [0.15, 0.2) is 36.5 Å². The van der Waals surface area contributed by atoms with E-state index in [-0.39, 0.29) is 5.91 Å². The van der Waals surface area contributed by atoms with Gasteiger partial charge in [0.1, 0.15) is 5.69 Å². The van der Waals surface area contributed by atoms with Crippen molar-refractivity contribution < 1.29 is 4.79 Å². The van der Waals surface area contributed by atoms with Crippen molar-refractivity contribution >= 4 is 28.9 Å². The van der Waals surface area contributed by atoms with Crippen LogP contribution in [0.1, 0.15) is 35.8 Å². The Morgan fingerprint density at radius 1 is 1.25 bits per heavy atom. The number of hydrogen-bond donors (Lipinski definition) is 1. The highest BCUT2D eigenvalue weighted by Crippen LogP contribution is 2.24. The molecule has 1 fully saturated rings. The van der Waals surface area contributed by atoms with Crippen LogP contribution in [0.2, 0.25) is 5.02 Å². The minimum Gasteiger partial charge on any atom is -0.371 e. The van der Waals surface area contributed by atoms with Gasteiger partial charge in [0.2, 0.25) is 0 Å². The SMILES string of the molecule is Cc1ccc(NC(=O)c2cc(N3CCC(C)CC3)ccn2)cc1Cl. The second-order valence-corrected chi connectivity index (χ2v) is 6.89. The third-order valence-electron chi connectivity index (χ3n) is 4.55. The van der Waals surface area contributed by atoms with Crippen molar-refractivity contribution in [2.45, 2.75) is 26.7 Å². The van der Waals surface area contributed by atoms with E-state index in [2.05, 4.69) is 22.1 Å². The fraction of sp³-hybridized carbons (Fsp3) is 0.368. The van der Waals surface area contributed by atoms with Crippen molar-refractivity contribution in [3.8, 4) is 0 Å². The van der Waals surface area contributed by atoms with Gasteiger partial charge in [0, 0.05) is 35.7 Å². The first-order valence-corrected chi connectivity index (χ1v) is 8.69. The van der Waals surface area contributed by atoms with Crippen LogP contribution >= 0.6 is 11.6 Å². The lowest BCUT2D eigenvalue weighted by Crippen LogP contribution is -2.33. The fourth-order valence-corrected chi connectivity index (χ4v) is 3.05. The average molecular weight is 344 g/mol. The van der Waals surface area contributed by atoms with E-state index in [1.807, 2.05) is 31.2 Å². The Morgan fingerprint density at radius 2 is 2.00 bits per heavy atom. The molecule has 1 aromatic heterocycles. The van der Waals surface area contributed by atoms with Gasteiger partial charge in [0.05, 0.1) is 0 Å². The van der Waals surface area contributed by atoms with Crippen molar-refractivity contribution in [3.63, 3.8) is 0 Å². The van der Waals surface area contributed by atoms with Crippen LogP contribution in [-0.2, 0) is 0 Å². The van der Waals surface area contributed by atoms with E-state index in [9.17, 15) is 4.79 Å². The summed E-state index contributed by atoms with van der Waals surface area (Å²) in [5.74, 6) is 0.555. The molecule has 126 valence electrons.